The van der Waals surface area contributed by atoms with Crippen molar-refractivity contribution in [2.24, 2.45) is 11.1 Å². The van der Waals surface area contributed by atoms with Crippen LogP contribution in [-0.4, -0.2) is 55.0 Å². The average Bonchev–Trinajstić information content (AvgIpc) is 2.43. The fraction of sp³-hybridized carbons (Fsp3) is 0.938. The van der Waals surface area contributed by atoms with Gasteiger partial charge in [-0.2, -0.15) is 0 Å². The molecule has 1 saturated carbocycles. The van der Waals surface area contributed by atoms with Crippen molar-refractivity contribution in [2.45, 2.75) is 57.9 Å². The highest BCUT2D eigenvalue weighted by Gasteiger charge is 2.39. The van der Waals surface area contributed by atoms with Crippen molar-refractivity contribution in [2.75, 3.05) is 33.2 Å². The summed E-state index contributed by atoms with van der Waals surface area (Å²) in [7, 11) is 1.99. The Labute approximate surface area is 123 Å². The largest absolute Gasteiger partial charge is 0.343 e. The molecule has 2 fully saturated rings. The molecule has 0 aromatic carbocycles. The maximum atomic E-state index is 12.5. The van der Waals surface area contributed by atoms with Crippen molar-refractivity contribution in [1.82, 2.24) is 9.80 Å². The Morgan fingerprint density at radius 3 is 2.45 bits per heavy atom. The number of carbonyl (C=O) groups is 1. The second-order valence-corrected chi connectivity index (χ2v) is 6.81. The van der Waals surface area contributed by atoms with E-state index in [0.29, 0.717) is 24.9 Å². The Kier molecular flexibility index (Phi) is 5.44. The van der Waals surface area contributed by atoms with Gasteiger partial charge in [0.15, 0.2) is 0 Å². The van der Waals surface area contributed by atoms with Crippen molar-refractivity contribution in [3.8, 4) is 0 Å². The van der Waals surface area contributed by atoms with Crippen LogP contribution in [0.5, 0.6) is 0 Å². The summed E-state index contributed by atoms with van der Waals surface area (Å²) in [5.74, 6) is 0.309. The molecule has 1 aliphatic carbocycles. The highest BCUT2D eigenvalue weighted by molar-refractivity contribution is 5.77. The van der Waals surface area contributed by atoms with E-state index in [1.807, 2.05) is 11.9 Å². The van der Waals surface area contributed by atoms with E-state index < -0.39 is 0 Å². The van der Waals surface area contributed by atoms with Gasteiger partial charge in [-0.05, 0) is 50.6 Å². The maximum Gasteiger partial charge on any atom is 0.223 e. The third-order valence-electron chi connectivity index (χ3n) is 5.41. The van der Waals surface area contributed by atoms with E-state index in [0.717, 1.165) is 38.8 Å². The first-order valence-electron chi connectivity index (χ1n) is 8.28. The Hall–Kier alpha value is -0.610. The highest BCUT2D eigenvalue weighted by atomic mass is 16.2. The lowest BCUT2D eigenvalue weighted by molar-refractivity contribution is -0.136. The van der Waals surface area contributed by atoms with E-state index in [1.165, 1.54) is 19.4 Å². The monoisotopic (exact) mass is 281 g/mol. The van der Waals surface area contributed by atoms with Crippen LogP contribution in [0.3, 0.4) is 0 Å². The van der Waals surface area contributed by atoms with Gasteiger partial charge in [0.05, 0.1) is 0 Å². The maximum absolute atomic E-state index is 12.5. The molecule has 4 nitrogen and oxygen atoms in total. The predicted octanol–water partition coefficient (Wildman–Crippen LogP) is 1.84. The van der Waals surface area contributed by atoms with Crippen LogP contribution < -0.4 is 5.73 Å². The van der Waals surface area contributed by atoms with Crippen molar-refractivity contribution in [1.29, 1.82) is 0 Å². The van der Waals surface area contributed by atoms with E-state index in [1.54, 1.807) is 0 Å². The van der Waals surface area contributed by atoms with Gasteiger partial charge in [0.1, 0.15) is 0 Å². The zero-order chi connectivity index (χ0) is 14.6. The second-order valence-electron chi connectivity index (χ2n) is 6.81. The quantitative estimate of drug-likeness (QED) is 0.808. The molecule has 0 aromatic heterocycles. The molecule has 1 aliphatic heterocycles. The summed E-state index contributed by atoms with van der Waals surface area (Å²) in [4.78, 5) is 17.0. The smallest absolute Gasteiger partial charge is 0.223 e. The number of hydrogen-bond donors (Lipinski definition) is 1. The lowest BCUT2D eigenvalue weighted by atomic mass is 9.66. The normalized spacial score (nSPS) is 23.4. The van der Waals surface area contributed by atoms with E-state index in [2.05, 4.69) is 11.8 Å². The minimum Gasteiger partial charge on any atom is -0.343 e. The molecule has 2 aliphatic rings. The minimum atomic E-state index is 0.133. The van der Waals surface area contributed by atoms with Gasteiger partial charge in [-0.25, -0.2) is 0 Å². The first-order valence-corrected chi connectivity index (χ1v) is 8.28. The number of likely N-dealkylation sites (tertiary alicyclic amines) is 1. The Balaban J connectivity index is 1.79. The Morgan fingerprint density at radius 2 is 2.00 bits per heavy atom. The number of piperidine rings is 1. The van der Waals surface area contributed by atoms with Gasteiger partial charge >= 0.3 is 0 Å². The standard InChI is InChI=1S/C16H31N3O/c1-3-9-19-10-5-14(6-11-19)18(2)15(20)12-16(13-17)7-4-8-16/h14H,3-13,17H2,1-2H3. The van der Waals surface area contributed by atoms with Crippen LogP contribution in [0.2, 0.25) is 0 Å². The van der Waals surface area contributed by atoms with Crippen molar-refractivity contribution < 1.29 is 4.79 Å². The first-order chi connectivity index (χ1) is 9.60. The zero-order valence-corrected chi connectivity index (χ0v) is 13.2. The van der Waals surface area contributed by atoms with Crippen LogP contribution in [-0.2, 0) is 4.79 Å². The second kappa shape index (κ2) is 6.90. The fourth-order valence-electron chi connectivity index (χ4n) is 3.63. The van der Waals surface area contributed by atoms with E-state index in [-0.39, 0.29) is 5.41 Å². The summed E-state index contributed by atoms with van der Waals surface area (Å²) in [6.45, 7) is 6.37. The predicted molar refractivity (Wildman–Crippen MR) is 82.5 cm³/mol. The molecule has 1 heterocycles. The van der Waals surface area contributed by atoms with Crippen LogP contribution in [0.25, 0.3) is 0 Å². The Bertz CT molecular complexity index is 314. The SMILES string of the molecule is CCCN1CCC(N(C)C(=O)CC2(CN)CCC2)CC1. The topological polar surface area (TPSA) is 49.6 Å². The third kappa shape index (κ3) is 3.53. The molecule has 1 amide bonds. The van der Waals surface area contributed by atoms with Gasteiger partial charge in [-0.15, -0.1) is 0 Å². The molecule has 116 valence electrons. The van der Waals surface area contributed by atoms with Crippen LogP contribution in [0.4, 0.5) is 0 Å². The molecule has 2 rings (SSSR count). The lowest BCUT2D eigenvalue weighted by Gasteiger charge is -2.43. The van der Waals surface area contributed by atoms with Gasteiger partial charge < -0.3 is 15.5 Å². The van der Waals surface area contributed by atoms with E-state index >= 15 is 0 Å². The molecule has 0 atom stereocenters. The molecule has 0 bridgehead atoms. The number of carbonyl (C=O) groups excluding carboxylic acids is 1. The van der Waals surface area contributed by atoms with Gasteiger partial charge in [-0.1, -0.05) is 13.3 Å². The van der Waals surface area contributed by atoms with E-state index in [9.17, 15) is 4.79 Å². The molecular formula is C16H31N3O. The van der Waals surface area contributed by atoms with Crippen LogP contribution in [0, 0.1) is 5.41 Å². The molecular weight excluding hydrogens is 250 g/mol. The summed E-state index contributed by atoms with van der Waals surface area (Å²) >= 11 is 0. The zero-order valence-electron chi connectivity index (χ0n) is 13.2. The van der Waals surface area contributed by atoms with Gasteiger partial charge in [0, 0.05) is 32.6 Å². The van der Waals surface area contributed by atoms with Crippen molar-refractivity contribution in [3.05, 3.63) is 0 Å². The highest BCUT2D eigenvalue weighted by Crippen LogP contribution is 2.43. The van der Waals surface area contributed by atoms with Crippen molar-refractivity contribution >= 4 is 5.91 Å². The number of hydrogen-bond acceptors (Lipinski definition) is 3. The molecule has 1 saturated heterocycles. The fourth-order valence-corrected chi connectivity index (χ4v) is 3.63. The van der Waals surface area contributed by atoms with Gasteiger partial charge in [0.2, 0.25) is 5.91 Å². The van der Waals surface area contributed by atoms with Crippen LogP contribution in [0.15, 0.2) is 0 Å². The number of amides is 1. The third-order valence-corrected chi connectivity index (χ3v) is 5.41. The minimum absolute atomic E-state index is 0.133. The van der Waals surface area contributed by atoms with Crippen molar-refractivity contribution in [3.63, 3.8) is 0 Å². The molecule has 2 N–H and O–H groups in total. The number of nitrogens with two attached hydrogens (primary N) is 1. The number of rotatable bonds is 6. The van der Waals surface area contributed by atoms with Crippen LogP contribution >= 0.6 is 0 Å². The number of nitrogens with zero attached hydrogens (tertiary/aromatic N) is 2. The summed E-state index contributed by atoms with van der Waals surface area (Å²) in [6.07, 6.45) is 7.64. The molecule has 0 radical (unpaired) electrons. The molecule has 0 spiro atoms. The molecule has 0 aromatic rings. The molecule has 20 heavy (non-hydrogen) atoms. The lowest BCUT2D eigenvalue weighted by Crippen LogP contribution is -2.48. The first kappa shape index (κ1) is 15.8. The molecule has 0 unspecified atom stereocenters. The van der Waals surface area contributed by atoms with Gasteiger partial charge in [0.25, 0.3) is 0 Å². The van der Waals surface area contributed by atoms with E-state index in [4.69, 9.17) is 5.73 Å². The van der Waals surface area contributed by atoms with Gasteiger partial charge in [-0.3, -0.25) is 4.79 Å². The Morgan fingerprint density at radius 1 is 1.35 bits per heavy atom. The summed E-state index contributed by atoms with van der Waals surface area (Å²) in [5, 5.41) is 0. The average molecular weight is 281 g/mol. The summed E-state index contributed by atoms with van der Waals surface area (Å²) in [5.41, 5.74) is 6.00. The van der Waals surface area contributed by atoms with Crippen LogP contribution in [0.1, 0.15) is 51.9 Å². The molecule has 4 heteroatoms. The summed E-state index contributed by atoms with van der Waals surface area (Å²) in [6, 6.07) is 0.436. The summed E-state index contributed by atoms with van der Waals surface area (Å²) < 4.78 is 0.